The topological polar surface area (TPSA) is 83.1 Å². The average Bonchev–Trinajstić information content (AvgIpc) is 2.72. The molecule has 0 aliphatic carbocycles. The Labute approximate surface area is 164 Å². The quantitative estimate of drug-likeness (QED) is 0.666. The van der Waals surface area contributed by atoms with E-state index in [0.29, 0.717) is 29.4 Å². The van der Waals surface area contributed by atoms with Crippen molar-refractivity contribution in [1.29, 1.82) is 0 Å². The SMILES string of the molecule is CCOC(=O)c1ccc(OCC(=O)N[C@@H](C)c2cc(OC)ccc2OC)cc1. The first-order valence-electron chi connectivity index (χ1n) is 8.89. The van der Waals surface area contributed by atoms with Gasteiger partial charge >= 0.3 is 5.97 Å². The third-order valence-electron chi connectivity index (χ3n) is 4.02. The molecule has 0 spiro atoms. The van der Waals surface area contributed by atoms with Gasteiger partial charge in [0.25, 0.3) is 5.91 Å². The zero-order valence-electron chi connectivity index (χ0n) is 16.5. The van der Waals surface area contributed by atoms with Crippen molar-refractivity contribution in [2.45, 2.75) is 19.9 Å². The van der Waals surface area contributed by atoms with Gasteiger partial charge in [0, 0.05) is 5.56 Å². The fourth-order valence-electron chi connectivity index (χ4n) is 2.59. The maximum absolute atomic E-state index is 12.2. The molecule has 28 heavy (non-hydrogen) atoms. The van der Waals surface area contributed by atoms with E-state index in [-0.39, 0.29) is 18.6 Å². The van der Waals surface area contributed by atoms with Gasteiger partial charge in [-0.3, -0.25) is 4.79 Å². The molecule has 1 amide bonds. The van der Waals surface area contributed by atoms with Crippen LogP contribution in [0.15, 0.2) is 42.5 Å². The van der Waals surface area contributed by atoms with Crippen molar-refractivity contribution >= 4 is 11.9 Å². The minimum atomic E-state index is -0.396. The third kappa shape index (κ3) is 5.64. The van der Waals surface area contributed by atoms with Gasteiger partial charge in [-0.15, -0.1) is 0 Å². The number of benzene rings is 2. The lowest BCUT2D eigenvalue weighted by Gasteiger charge is -2.18. The number of amides is 1. The number of hydrogen-bond acceptors (Lipinski definition) is 6. The van der Waals surface area contributed by atoms with Crippen molar-refractivity contribution in [2.75, 3.05) is 27.4 Å². The maximum atomic E-state index is 12.2. The van der Waals surface area contributed by atoms with E-state index in [1.807, 2.05) is 13.0 Å². The molecule has 0 aliphatic rings. The summed E-state index contributed by atoms with van der Waals surface area (Å²) in [6.45, 7) is 3.75. The first-order valence-corrected chi connectivity index (χ1v) is 8.89. The molecule has 0 fully saturated rings. The minimum absolute atomic E-state index is 0.157. The van der Waals surface area contributed by atoms with Gasteiger partial charge in [-0.1, -0.05) is 0 Å². The Morgan fingerprint density at radius 1 is 1.00 bits per heavy atom. The highest BCUT2D eigenvalue weighted by Gasteiger charge is 2.16. The minimum Gasteiger partial charge on any atom is -0.497 e. The molecule has 0 saturated heterocycles. The lowest BCUT2D eigenvalue weighted by atomic mass is 10.1. The number of rotatable bonds is 9. The molecule has 0 heterocycles. The number of methoxy groups -OCH3 is 2. The molecule has 150 valence electrons. The summed E-state index contributed by atoms with van der Waals surface area (Å²) in [5.74, 6) is 1.13. The number of hydrogen-bond donors (Lipinski definition) is 1. The van der Waals surface area contributed by atoms with Crippen LogP contribution in [0.1, 0.15) is 35.8 Å². The van der Waals surface area contributed by atoms with E-state index >= 15 is 0 Å². The smallest absolute Gasteiger partial charge is 0.338 e. The van der Waals surface area contributed by atoms with Crippen LogP contribution in [-0.2, 0) is 9.53 Å². The molecule has 0 aromatic heterocycles. The highest BCUT2D eigenvalue weighted by atomic mass is 16.5. The summed E-state index contributed by atoms with van der Waals surface area (Å²) in [7, 11) is 3.15. The predicted octanol–water partition coefficient (Wildman–Crippen LogP) is 3.14. The van der Waals surface area contributed by atoms with Crippen molar-refractivity contribution < 1.29 is 28.5 Å². The summed E-state index contributed by atoms with van der Waals surface area (Å²) in [5, 5.41) is 2.87. The molecule has 0 aliphatic heterocycles. The monoisotopic (exact) mass is 387 g/mol. The Morgan fingerprint density at radius 2 is 1.68 bits per heavy atom. The highest BCUT2D eigenvalue weighted by molar-refractivity contribution is 5.89. The van der Waals surface area contributed by atoms with Crippen molar-refractivity contribution in [3.05, 3.63) is 53.6 Å². The van der Waals surface area contributed by atoms with Crippen LogP contribution in [0, 0.1) is 0 Å². The van der Waals surface area contributed by atoms with Gasteiger partial charge in [0.2, 0.25) is 0 Å². The second kappa shape index (κ2) is 10.2. The molecule has 7 heteroatoms. The molecule has 0 unspecified atom stereocenters. The normalized spacial score (nSPS) is 11.3. The molecular weight excluding hydrogens is 362 g/mol. The van der Waals surface area contributed by atoms with Crippen LogP contribution in [0.2, 0.25) is 0 Å². The van der Waals surface area contributed by atoms with Crippen molar-refractivity contribution in [3.63, 3.8) is 0 Å². The number of esters is 1. The van der Waals surface area contributed by atoms with Gasteiger partial charge in [-0.25, -0.2) is 4.79 Å². The van der Waals surface area contributed by atoms with E-state index in [9.17, 15) is 9.59 Å². The van der Waals surface area contributed by atoms with Crippen LogP contribution in [0.4, 0.5) is 0 Å². The van der Waals surface area contributed by atoms with Crippen molar-refractivity contribution in [1.82, 2.24) is 5.32 Å². The zero-order chi connectivity index (χ0) is 20.5. The highest BCUT2D eigenvalue weighted by Crippen LogP contribution is 2.29. The Morgan fingerprint density at radius 3 is 2.29 bits per heavy atom. The van der Waals surface area contributed by atoms with Gasteiger partial charge in [-0.2, -0.15) is 0 Å². The van der Waals surface area contributed by atoms with E-state index in [1.165, 1.54) is 0 Å². The van der Waals surface area contributed by atoms with Crippen LogP contribution in [0.3, 0.4) is 0 Å². The van der Waals surface area contributed by atoms with Crippen LogP contribution in [-0.4, -0.2) is 39.3 Å². The molecule has 1 atom stereocenters. The van der Waals surface area contributed by atoms with Crippen LogP contribution < -0.4 is 19.5 Å². The molecule has 2 rings (SSSR count). The lowest BCUT2D eigenvalue weighted by Crippen LogP contribution is -2.31. The van der Waals surface area contributed by atoms with Crippen molar-refractivity contribution in [3.8, 4) is 17.2 Å². The number of nitrogens with one attached hydrogen (secondary N) is 1. The standard InChI is InChI=1S/C21H25NO6/c1-5-27-21(24)15-6-8-16(9-7-15)28-13-20(23)22-14(2)18-12-17(25-3)10-11-19(18)26-4/h6-12,14H,5,13H2,1-4H3,(H,22,23)/t14-/m0/s1. The Bertz CT molecular complexity index is 803. The number of carbonyl (C=O) groups is 2. The second-order valence-electron chi connectivity index (χ2n) is 5.93. The fourth-order valence-corrected chi connectivity index (χ4v) is 2.59. The number of ether oxygens (including phenoxy) is 4. The Balaban J connectivity index is 1.93. The second-order valence-corrected chi connectivity index (χ2v) is 5.93. The van der Waals surface area contributed by atoms with Gasteiger partial charge in [0.1, 0.15) is 17.2 Å². The first-order chi connectivity index (χ1) is 13.5. The Hall–Kier alpha value is -3.22. The molecular formula is C21H25NO6. The summed E-state index contributed by atoms with van der Waals surface area (Å²) in [4.78, 5) is 23.9. The molecule has 0 bridgehead atoms. The van der Waals surface area contributed by atoms with Gasteiger partial charge in [-0.05, 0) is 56.3 Å². The van der Waals surface area contributed by atoms with E-state index in [2.05, 4.69) is 5.32 Å². The molecule has 2 aromatic rings. The number of carbonyl (C=O) groups excluding carboxylic acids is 2. The van der Waals surface area contributed by atoms with Gasteiger partial charge < -0.3 is 24.3 Å². The molecule has 7 nitrogen and oxygen atoms in total. The molecule has 1 N–H and O–H groups in total. The van der Waals surface area contributed by atoms with E-state index in [1.54, 1.807) is 57.5 Å². The maximum Gasteiger partial charge on any atom is 0.338 e. The van der Waals surface area contributed by atoms with Crippen LogP contribution >= 0.6 is 0 Å². The Kier molecular flexibility index (Phi) is 7.68. The van der Waals surface area contributed by atoms with E-state index in [0.717, 1.165) is 5.56 Å². The predicted molar refractivity (Wildman–Crippen MR) is 104 cm³/mol. The summed E-state index contributed by atoms with van der Waals surface area (Å²) >= 11 is 0. The first kappa shape index (κ1) is 21.1. The third-order valence-corrected chi connectivity index (χ3v) is 4.02. The molecule has 2 aromatic carbocycles. The van der Waals surface area contributed by atoms with Gasteiger partial charge in [0.05, 0.1) is 32.4 Å². The largest absolute Gasteiger partial charge is 0.497 e. The lowest BCUT2D eigenvalue weighted by molar-refractivity contribution is -0.123. The molecule has 0 saturated carbocycles. The fraction of sp³-hybridized carbons (Fsp3) is 0.333. The van der Waals surface area contributed by atoms with Gasteiger partial charge in [0.15, 0.2) is 6.61 Å². The van der Waals surface area contributed by atoms with E-state index < -0.39 is 5.97 Å². The summed E-state index contributed by atoms with van der Waals surface area (Å²) in [5.41, 5.74) is 1.23. The van der Waals surface area contributed by atoms with Crippen LogP contribution in [0.5, 0.6) is 17.2 Å². The van der Waals surface area contributed by atoms with Crippen LogP contribution in [0.25, 0.3) is 0 Å². The zero-order valence-corrected chi connectivity index (χ0v) is 16.5. The molecule has 0 radical (unpaired) electrons. The van der Waals surface area contributed by atoms with Crippen molar-refractivity contribution in [2.24, 2.45) is 0 Å². The average molecular weight is 387 g/mol. The summed E-state index contributed by atoms with van der Waals surface area (Å²) < 4.78 is 21.0. The summed E-state index contributed by atoms with van der Waals surface area (Å²) in [6, 6.07) is 11.5. The van der Waals surface area contributed by atoms with E-state index in [4.69, 9.17) is 18.9 Å². The summed E-state index contributed by atoms with van der Waals surface area (Å²) in [6.07, 6.45) is 0.